The Morgan fingerprint density at radius 3 is 2.55 bits per heavy atom. The van der Waals surface area contributed by atoms with Crippen LogP contribution in [0.15, 0.2) is 34.9 Å². The van der Waals surface area contributed by atoms with E-state index in [1.165, 1.54) is 22.9 Å². The molecule has 3 aromatic rings. The minimum Gasteiger partial charge on any atom is -0.319 e. The second kappa shape index (κ2) is 4.75. The zero-order chi connectivity index (χ0) is 14.4. The Bertz CT molecular complexity index is 865. The molecule has 0 N–H and O–H groups in total. The minimum atomic E-state index is -0.677. The standard InChI is InChI=1S/C13H8BrF2N3S/c1-18-12-7(5-8(14)13(18)20)6-17-19(12)11-9(15)3-2-4-10(11)16/h2-6H,1H3. The van der Waals surface area contributed by atoms with Gasteiger partial charge in [-0.25, -0.2) is 13.5 Å². The van der Waals surface area contributed by atoms with Gasteiger partial charge >= 0.3 is 0 Å². The fraction of sp³-hybridized carbons (Fsp3) is 0.0769. The Morgan fingerprint density at radius 2 is 1.90 bits per heavy atom. The topological polar surface area (TPSA) is 22.8 Å². The monoisotopic (exact) mass is 355 g/mol. The van der Waals surface area contributed by atoms with Gasteiger partial charge in [0.1, 0.15) is 16.0 Å². The van der Waals surface area contributed by atoms with E-state index in [0.717, 1.165) is 9.86 Å². The van der Waals surface area contributed by atoms with E-state index in [2.05, 4.69) is 21.0 Å². The molecule has 0 aliphatic carbocycles. The Balaban J connectivity index is 2.45. The summed E-state index contributed by atoms with van der Waals surface area (Å²) >= 11 is 8.60. The van der Waals surface area contributed by atoms with E-state index < -0.39 is 11.6 Å². The maximum absolute atomic E-state index is 13.9. The fourth-order valence-corrected chi connectivity index (χ4v) is 2.76. The third kappa shape index (κ3) is 1.89. The number of rotatable bonds is 1. The molecular weight excluding hydrogens is 348 g/mol. The van der Waals surface area contributed by atoms with Gasteiger partial charge in [-0.3, -0.25) is 0 Å². The lowest BCUT2D eigenvalue weighted by atomic mass is 10.3. The Kier molecular flexibility index (Phi) is 3.18. The molecule has 3 rings (SSSR count). The van der Waals surface area contributed by atoms with Crippen molar-refractivity contribution in [1.82, 2.24) is 14.3 Å². The summed E-state index contributed by atoms with van der Waals surface area (Å²) in [4.78, 5) is 0. The molecule has 3 nitrogen and oxygen atoms in total. The van der Waals surface area contributed by atoms with Gasteiger partial charge in [-0.05, 0) is 34.1 Å². The summed E-state index contributed by atoms with van der Waals surface area (Å²) in [6.45, 7) is 0. The van der Waals surface area contributed by atoms with Crippen molar-refractivity contribution >= 4 is 39.2 Å². The number of pyridine rings is 1. The van der Waals surface area contributed by atoms with Crippen LogP contribution >= 0.6 is 28.1 Å². The number of para-hydroxylation sites is 1. The zero-order valence-electron chi connectivity index (χ0n) is 10.3. The van der Waals surface area contributed by atoms with E-state index in [4.69, 9.17) is 12.2 Å². The lowest BCUT2D eigenvalue weighted by Crippen LogP contribution is -2.07. The summed E-state index contributed by atoms with van der Waals surface area (Å²) in [5.74, 6) is -1.35. The molecule has 0 bridgehead atoms. The molecule has 0 fully saturated rings. The molecule has 2 aromatic heterocycles. The van der Waals surface area contributed by atoms with Crippen molar-refractivity contribution < 1.29 is 8.78 Å². The fourth-order valence-electron chi connectivity index (χ4n) is 2.10. The van der Waals surface area contributed by atoms with Crippen molar-refractivity contribution in [3.05, 3.63) is 51.2 Å². The lowest BCUT2D eigenvalue weighted by molar-refractivity contribution is 0.561. The molecule has 2 heterocycles. The molecule has 20 heavy (non-hydrogen) atoms. The van der Waals surface area contributed by atoms with Crippen molar-refractivity contribution in [2.75, 3.05) is 0 Å². The van der Waals surface area contributed by atoms with Crippen LogP contribution in [0, 0.1) is 16.3 Å². The highest BCUT2D eigenvalue weighted by Gasteiger charge is 2.16. The summed E-state index contributed by atoms with van der Waals surface area (Å²) in [6.07, 6.45) is 1.54. The highest BCUT2D eigenvalue weighted by atomic mass is 79.9. The van der Waals surface area contributed by atoms with Gasteiger partial charge in [-0.1, -0.05) is 18.3 Å². The van der Waals surface area contributed by atoms with Gasteiger partial charge in [0.05, 0.1) is 10.7 Å². The number of halogens is 3. The van der Waals surface area contributed by atoms with E-state index in [0.29, 0.717) is 10.3 Å². The second-order valence-corrected chi connectivity index (χ2v) is 5.50. The van der Waals surface area contributed by atoms with Crippen LogP contribution in [0.2, 0.25) is 0 Å². The van der Waals surface area contributed by atoms with Crippen LogP contribution in [0.5, 0.6) is 0 Å². The third-order valence-corrected chi connectivity index (χ3v) is 4.39. The van der Waals surface area contributed by atoms with Gasteiger partial charge in [-0.2, -0.15) is 5.10 Å². The molecule has 7 heteroatoms. The molecule has 0 saturated heterocycles. The first-order chi connectivity index (χ1) is 9.50. The largest absolute Gasteiger partial charge is 0.319 e. The predicted molar refractivity (Wildman–Crippen MR) is 78.5 cm³/mol. The molecule has 0 aliphatic rings. The third-order valence-electron chi connectivity index (χ3n) is 3.03. The van der Waals surface area contributed by atoms with E-state index >= 15 is 0 Å². The molecular formula is C13H8BrF2N3S. The maximum Gasteiger partial charge on any atom is 0.151 e. The summed E-state index contributed by atoms with van der Waals surface area (Å²) in [5.41, 5.74) is 0.317. The van der Waals surface area contributed by atoms with Crippen LogP contribution in [-0.2, 0) is 7.05 Å². The zero-order valence-corrected chi connectivity index (χ0v) is 12.7. The highest BCUT2D eigenvalue weighted by molar-refractivity contribution is 9.10. The van der Waals surface area contributed by atoms with Crippen LogP contribution in [0.1, 0.15) is 0 Å². The van der Waals surface area contributed by atoms with Gasteiger partial charge in [0.25, 0.3) is 0 Å². The molecule has 0 radical (unpaired) electrons. The smallest absolute Gasteiger partial charge is 0.151 e. The lowest BCUT2D eigenvalue weighted by Gasteiger charge is -2.10. The molecule has 1 aromatic carbocycles. The van der Waals surface area contributed by atoms with E-state index in [-0.39, 0.29) is 5.69 Å². The Morgan fingerprint density at radius 1 is 1.25 bits per heavy atom. The van der Waals surface area contributed by atoms with Gasteiger partial charge in [0.15, 0.2) is 11.6 Å². The van der Waals surface area contributed by atoms with Gasteiger partial charge < -0.3 is 4.57 Å². The van der Waals surface area contributed by atoms with Crippen molar-refractivity contribution in [2.24, 2.45) is 7.05 Å². The minimum absolute atomic E-state index is 0.213. The highest BCUT2D eigenvalue weighted by Crippen LogP contribution is 2.25. The van der Waals surface area contributed by atoms with Gasteiger partial charge in [0.2, 0.25) is 0 Å². The average Bonchev–Trinajstić information content (AvgIpc) is 2.80. The van der Waals surface area contributed by atoms with Crippen molar-refractivity contribution in [2.45, 2.75) is 0 Å². The molecule has 0 unspecified atom stereocenters. The molecule has 102 valence electrons. The maximum atomic E-state index is 13.9. The van der Waals surface area contributed by atoms with Crippen molar-refractivity contribution in [3.63, 3.8) is 0 Å². The van der Waals surface area contributed by atoms with Gasteiger partial charge in [0, 0.05) is 12.4 Å². The molecule has 0 saturated carbocycles. The number of benzene rings is 1. The van der Waals surface area contributed by atoms with Crippen LogP contribution < -0.4 is 0 Å². The number of nitrogens with zero attached hydrogens (tertiary/aromatic N) is 3. The van der Waals surface area contributed by atoms with Crippen LogP contribution in [0.3, 0.4) is 0 Å². The Labute approximate surface area is 126 Å². The summed E-state index contributed by atoms with van der Waals surface area (Å²) in [7, 11) is 1.73. The van der Waals surface area contributed by atoms with E-state index in [9.17, 15) is 8.78 Å². The number of aryl methyl sites for hydroxylation is 1. The molecule has 0 aliphatic heterocycles. The number of hydrogen-bond acceptors (Lipinski definition) is 2. The molecule has 0 spiro atoms. The Hall–Kier alpha value is -1.60. The average molecular weight is 356 g/mol. The summed E-state index contributed by atoms with van der Waals surface area (Å²) in [5, 5.41) is 4.81. The summed E-state index contributed by atoms with van der Waals surface area (Å²) in [6, 6.07) is 5.48. The van der Waals surface area contributed by atoms with Crippen LogP contribution in [-0.4, -0.2) is 14.3 Å². The van der Waals surface area contributed by atoms with Crippen LogP contribution in [0.4, 0.5) is 8.78 Å². The SMILES string of the molecule is Cn1c(=S)c(Br)cc2cnn(-c3c(F)cccc3F)c21. The quantitative estimate of drug-likeness (QED) is 0.612. The number of fused-ring (bicyclic) bond motifs is 1. The van der Waals surface area contributed by atoms with Crippen molar-refractivity contribution in [3.8, 4) is 5.69 Å². The first-order valence-corrected chi connectivity index (χ1v) is 6.88. The van der Waals surface area contributed by atoms with Gasteiger partial charge in [-0.15, -0.1) is 0 Å². The van der Waals surface area contributed by atoms with Crippen LogP contribution in [0.25, 0.3) is 16.7 Å². The van der Waals surface area contributed by atoms with E-state index in [1.807, 2.05) is 0 Å². The normalized spacial score (nSPS) is 11.2. The number of hydrogen-bond donors (Lipinski definition) is 0. The first-order valence-electron chi connectivity index (χ1n) is 5.68. The summed E-state index contributed by atoms with van der Waals surface area (Å²) < 4.78 is 32.0. The van der Waals surface area contributed by atoms with E-state index in [1.54, 1.807) is 23.9 Å². The number of aromatic nitrogens is 3. The van der Waals surface area contributed by atoms with Crippen molar-refractivity contribution in [1.29, 1.82) is 0 Å². The first kappa shape index (κ1) is 13.4. The molecule has 0 atom stereocenters. The second-order valence-electron chi connectivity index (χ2n) is 4.26. The molecule has 0 amide bonds. The predicted octanol–water partition coefficient (Wildman–Crippen LogP) is 4.13.